The Morgan fingerprint density at radius 2 is 0.750 bits per heavy atom. The van der Waals surface area contributed by atoms with E-state index in [1.54, 1.807) is 0 Å². The van der Waals surface area contributed by atoms with Gasteiger partial charge in [0.2, 0.25) is 0 Å². The lowest BCUT2D eigenvalue weighted by molar-refractivity contribution is -0.148. The van der Waals surface area contributed by atoms with Gasteiger partial charge in [-0.2, -0.15) is 34.9 Å². The van der Waals surface area contributed by atoms with Gasteiger partial charge in [-0.3, -0.25) is 30.0 Å². The number of halogens is 1. The van der Waals surface area contributed by atoms with E-state index in [1.165, 1.54) is 97.1 Å². The van der Waals surface area contributed by atoms with E-state index in [2.05, 4.69) is 20.1 Å². The normalized spacial score (nSPS) is 12.1. The third-order valence-corrected chi connectivity index (χ3v) is 14.1. The number of ether oxygens (including phenoxy) is 7. The molecule has 0 aliphatic rings. The Labute approximate surface area is 488 Å². The summed E-state index contributed by atoms with van der Waals surface area (Å²) in [5.74, 6) is -8.25. The number of esters is 2. The minimum atomic E-state index is -4.63. The van der Waals surface area contributed by atoms with Crippen molar-refractivity contribution in [1.29, 1.82) is 10.8 Å². The Morgan fingerprint density at radius 1 is 0.464 bits per heavy atom. The molecular formula is C50H65ClN10O21S2. The van der Waals surface area contributed by atoms with Gasteiger partial charge >= 0.3 is 35.8 Å². The zero-order valence-corrected chi connectivity index (χ0v) is 47.2. The summed E-state index contributed by atoms with van der Waals surface area (Å²) in [6, 6.07) is 19.4. The van der Waals surface area contributed by atoms with Crippen LogP contribution >= 0.6 is 12.4 Å². The number of rotatable bonds is 40. The number of anilines is 2. The molecule has 4 aromatic carbocycles. The third-order valence-electron chi connectivity index (χ3n) is 11.0. The number of hydrogen-bond donors (Lipinski definition) is 12. The smallest absolute Gasteiger partial charge is 0.343 e. The number of carboxylic acid groups (broad SMARTS) is 4. The largest absolute Gasteiger partial charge is 0.481 e. The highest BCUT2D eigenvalue weighted by atomic mass is 35.5. The second-order valence-corrected chi connectivity index (χ2v) is 20.6. The number of guanidine groups is 2. The second kappa shape index (κ2) is 35.9. The van der Waals surface area contributed by atoms with Crippen molar-refractivity contribution in [3.05, 3.63) is 119 Å². The molecule has 2 atom stereocenters. The van der Waals surface area contributed by atoms with Crippen molar-refractivity contribution in [2.24, 2.45) is 11.5 Å². The van der Waals surface area contributed by atoms with Gasteiger partial charge in [0.05, 0.1) is 90.0 Å². The molecule has 0 radical (unpaired) electrons. The standard InChI is InChI=1S/C50H64N10O21S2.ClH/c51-49(52)57-37-9-5-35(6-10-37)47(69)80-39-13-1-33(2-14-39)31-55-82(71,72)59(41(45(65)66)29-43(61)62)17-19-75-21-23-77-25-27-79-28-26-78-24-22-76-20-18-60(42(46(67)68)30-44(63)64)83(73,74)56-32-34-3-15-40(16-4-34)81-48(70)36-7-11-38(12-8-36)58-50(53)54;/h1-16,41-42,55-56H,17-32H2,(H,61,62)(H,63,64)(H,65,66)(H,67,68)(H4,51,52,57)(H4,53,54,58);1H/t41-,42-;/m0./s1. The van der Waals surface area contributed by atoms with Crippen molar-refractivity contribution < 1.29 is 99.2 Å². The summed E-state index contributed by atoms with van der Waals surface area (Å²) in [7, 11) is -9.27. The van der Waals surface area contributed by atoms with Crippen molar-refractivity contribution >= 4 is 91.9 Å². The molecule has 84 heavy (non-hydrogen) atoms. The molecular weight excluding hydrogens is 1180 g/mol. The van der Waals surface area contributed by atoms with Crippen LogP contribution < -0.4 is 41.0 Å². The van der Waals surface area contributed by atoms with E-state index in [-0.39, 0.29) is 126 Å². The van der Waals surface area contributed by atoms with Crippen LogP contribution in [0.1, 0.15) is 44.7 Å². The van der Waals surface area contributed by atoms with Crippen LogP contribution in [0.2, 0.25) is 0 Å². The van der Waals surface area contributed by atoms with Crippen molar-refractivity contribution in [3.63, 3.8) is 0 Å². The molecule has 0 bridgehead atoms. The molecule has 0 aliphatic heterocycles. The molecule has 0 amide bonds. The zero-order valence-electron chi connectivity index (χ0n) is 44.7. The Bertz CT molecular complexity index is 2840. The van der Waals surface area contributed by atoms with E-state index in [0.29, 0.717) is 31.1 Å². The van der Waals surface area contributed by atoms with Gasteiger partial charge in [-0.05, 0) is 83.9 Å². The van der Waals surface area contributed by atoms with Gasteiger partial charge < -0.3 is 75.7 Å². The van der Waals surface area contributed by atoms with E-state index in [0.717, 1.165) is 0 Å². The van der Waals surface area contributed by atoms with Gasteiger partial charge in [0.25, 0.3) is 20.4 Å². The van der Waals surface area contributed by atoms with E-state index >= 15 is 0 Å². The van der Waals surface area contributed by atoms with Crippen LogP contribution in [0, 0.1) is 10.8 Å². The van der Waals surface area contributed by atoms with Gasteiger partial charge in [0, 0.05) is 37.6 Å². The summed E-state index contributed by atoms with van der Waals surface area (Å²) in [4.78, 5) is 72.4. The number of carboxylic acids is 4. The van der Waals surface area contributed by atoms with Crippen LogP contribution in [0.3, 0.4) is 0 Å². The highest BCUT2D eigenvalue weighted by Gasteiger charge is 2.38. The van der Waals surface area contributed by atoms with E-state index in [1.807, 2.05) is 0 Å². The van der Waals surface area contributed by atoms with Crippen LogP contribution in [0.25, 0.3) is 0 Å². The minimum absolute atomic E-state index is 0. The summed E-state index contributed by atoms with van der Waals surface area (Å²) in [6.07, 6.45) is -2.11. The maximum absolute atomic E-state index is 13.4. The van der Waals surface area contributed by atoms with Crippen LogP contribution in [-0.4, -0.2) is 185 Å². The first kappa shape index (κ1) is 70.3. The molecule has 0 saturated carbocycles. The number of benzene rings is 4. The molecule has 0 fully saturated rings. The first-order valence-electron chi connectivity index (χ1n) is 24.8. The first-order chi connectivity index (χ1) is 39.4. The van der Waals surface area contributed by atoms with Crippen LogP contribution in [0.4, 0.5) is 11.4 Å². The summed E-state index contributed by atoms with van der Waals surface area (Å²) >= 11 is 0. The van der Waals surface area contributed by atoms with Crippen molar-refractivity contribution in [3.8, 4) is 11.5 Å². The maximum atomic E-state index is 13.4. The predicted octanol–water partition coefficient (Wildman–Crippen LogP) is 1.07. The molecule has 4 aromatic rings. The van der Waals surface area contributed by atoms with Gasteiger partial charge in [-0.1, -0.05) is 24.3 Å². The monoisotopic (exact) mass is 1240 g/mol. The molecule has 14 N–H and O–H groups in total. The molecule has 0 unspecified atom stereocenters. The van der Waals surface area contributed by atoms with Gasteiger partial charge in [-0.25, -0.2) is 9.59 Å². The van der Waals surface area contributed by atoms with Gasteiger partial charge in [0.1, 0.15) is 23.6 Å². The molecule has 0 aromatic heterocycles. The number of hydrogen-bond acceptors (Lipinski definition) is 19. The van der Waals surface area contributed by atoms with E-state index in [4.69, 9.17) is 55.4 Å². The van der Waals surface area contributed by atoms with Crippen LogP contribution in [0.5, 0.6) is 11.5 Å². The Kier molecular flexibility index (Phi) is 30.1. The number of aliphatic carboxylic acids is 4. The molecule has 460 valence electrons. The second-order valence-electron chi connectivity index (χ2n) is 17.1. The minimum Gasteiger partial charge on any atom is -0.481 e. The first-order valence-corrected chi connectivity index (χ1v) is 27.7. The Balaban J connectivity index is 0.0000185. The highest BCUT2D eigenvalue weighted by molar-refractivity contribution is 7.87. The van der Waals surface area contributed by atoms with E-state index < -0.39 is 94.2 Å². The molecule has 0 aliphatic carbocycles. The SMILES string of the molecule is Cl.N=C(N)Nc1ccc(C(=O)Oc2ccc(CNS(=O)(=O)N(CCOCCOCCOCCOCCOCCN([C@@H](CC(=O)O)C(=O)O)S(=O)(=O)NCc3ccc(OC(=O)c4ccc(NC(=N)N)cc4)cc3)[C@@H](CC(=O)O)C(=O)O)cc2)cc1. The van der Waals surface area contributed by atoms with Crippen molar-refractivity contribution in [1.82, 2.24) is 18.1 Å². The lowest BCUT2D eigenvalue weighted by Gasteiger charge is -2.27. The third kappa shape index (κ3) is 25.7. The Hall–Kier alpha value is -7.93. The van der Waals surface area contributed by atoms with Crippen molar-refractivity contribution in [2.75, 3.05) is 89.8 Å². The molecule has 0 heterocycles. The molecule has 0 saturated heterocycles. The number of nitrogens with one attached hydrogen (secondary N) is 6. The summed E-state index contributed by atoms with van der Waals surface area (Å²) < 4.78 is 97.0. The van der Waals surface area contributed by atoms with Crippen LogP contribution in [-0.2, 0) is 76.4 Å². The predicted molar refractivity (Wildman–Crippen MR) is 300 cm³/mol. The van der Waals surface area contributed by atoms with Gasteiger partial charge in [-0.15, -0.1) is 12.4 Å². The fraction of sp³-hybridized carbons (Fsp3) is 0.360. The summed E-state index contributed by atoms with van der Waals surface area (Å²) in [5.41, 5.74) is 12.7. The zero-order chi connectivity index (χ0) is 61.0. The average Bonchev–Trinajstić information content (AvgIpc) is 3.50. The molecule has 4 rings (SSSR count). The molecule has 31 nitrogen and oxygen atoms in total. The fourth-order valence-corrected chi connectivity index (χ4v) is 9.68. The van der Waals surface area contributed by atoms with Crippen molar-refractivity contribution in [2.45, 2.75) is 38.0 Å². The fourth-order valence-electron chi connectivity index (χ4n) is 7.02. The Morgan fingerprint density at radius 3 is 1.01 bits per heavy atom. The number of carbonyl (C=O) groups is 6. The van der Waals surface area contributed by atoms with Crippen LogP contribution in [0.15, 0.2) is 97.1 Å². The quantitative estimate of drug-likeness (QED) is 0.00974. The molecule has 0 spiro atoms. The number of carbonyl (C=O) groups excluding carboxylic acids is 2. The van der Waals surface area contributed by atoms with E-state index in [9.17, 15) is 66.0 Å². The van der Waals surface area contributed by atoms with Gasteiger partial charge in [0.15, 0.2) is 11.9 Å². The average molecular weight is 1240 g/mol. The summed E-state index contributed by atoms with van der Waals surface area (Å²) in [5, 5.41) is 58.0. The lowest BCUT2D eigenvalue weighted by Crippen LogP contribution is -2.51. The number of nitrogens with two attached hydrogens (primary N) is 2. The molecule has 34 heteroatoms. The summed E-state index contributed by atoms with van der Waals surface area (Å²) in [6.45, 7) is -2.12. The highest BCUT2D eigenvalue weighted by Crippen LogP contribution is 2.20. The topological polar surface area (TPSA) is 471 Å². The maximum Gasteiger partial charge on any atom is 0.343 e. The number of nitrogens with zero attached hydrogens (tertiary/aromatic N) is 2. The lowest BCUT2D eigenvalue weighted by atomic mass is 10.2.